The molecule has 1 heterocycles. The van der Waals surface area contributed by atoms with Crippen molar-refractivity contribution in [2.75, 3.05) is 25.0 Å². The predicted molar refractivity (Wildman–Crippen MR) is 95.0 cm³/mol. The fourth-order valence-electron chi connectivity index (χ4n) is 3.19. The van der Waals surface area contributed by atoms with Gasteiger partial charge in [-0.1, -0.05) is 36.4 Å². The Morgan fingerprint density at radius 1 is 1.13 bits per heavy atom. The Kier molecular flexibility index (Phi) is 4.96. The highest BCUT2D eigenvalue weighted by Gasteiger charge is 2.21. The van der Waals surface area contributed by atoms with Crippen molar-refractivity contribution in [3.63, 3.8) is 0 Å². The van der Waals surface area contributed by atoms with Gasteiger partial charge in [0.25, 0.3) is 5.91 Å². The number of amides is 1. The van der Waals surface area contributed by atoms with Crippen LogP contribution in [0.2, 0.25) is 0 Å². The standard InChI is InChI=1S/C20H24N2O/c1-2-22(15-13-16-8-4-3-5-9-16)20(23)18-10-6-12-19-17(18)11-7-14-21-19/h3-6,8-10,12,21H,2,7,11,13-15H2,1H3. The van der Waals surface area contributed by atoms with Crippen molar-refractivity contribution >= 4 is 11.6 Å². The lowest BCUT2D eigenvalue weighted by atomic mass is 9.96. The van der Waals surface area contributed by atoms with E-state index in [0.29, 0.717) is 0 Å². The summed E-state index contributed by atoms with van der Waals surface area (Å²) in [6.45, 7) is 4.55. The van der Waals surface area contributed by atoms with Gasteiger partial charge in [-0.2, -0.15) is 0 Å². The van der Waals surface area contributed by atoms with Gasteiger partial charge in [0, 0.05) is 30.9 Å². The summed E-state index contributed by atoms with van der Waals surface area (Å²) >= 11 is 0. The van der Waals surface area contributed by atoms with E-state index in [-0.39, 0.29) is 5.91 Å². The molecule has 1 N–H and O–H groups in total. The number of benzene rings is 2. The van der Waals surface area contributed by atoms with E-state index in [1.165, 1.54) is 11.1 Å². The second kappa shape index (κ2) is 7.32. The summed E-state index contributed by atoms with van der Waals surface area (Å²) in [4.78, 5) is 14.9. The molecule has 0 saturated carbocycles. The van der Waals surface area contributed by atoms with E-state index in [4.69, 9.17) is 0 Å². The second-order valence-corrected chi connectivity index (χ2v) is 5.98. The van der Waals surface area contributed by atoms with Crippen LogP contribution in [0.25, 0.3) is 0 Å². The van der Waals surface area contributed by atoms with Crippen LogP contribution in [0.3, 0.4) is 0 Å². The molecular weight excluding hydrogens is 284 g/mol. The van der Waals surface area contributed by atoms with Gasteiger partial charge in [-0.25, -0.2) is 0 Å². The van der Waals surface area contributed by atoms with Crippen LogP contribution < -0.4 is 5.32 Å². The zero-order chi connectivity index (χ0) is 16.1. The lowest BCUT2D eigenvalue weighted by molar-refractivity contribution is 0.0765. The lowest BCUT2D eigenvalue weighted by Gasteiger charge is -2.25. The molecular formula is C20H24N2O. The first-order valence-corrected chi connectivity index (χ1v) is 8.48. The molecule has 23 heavy (non-hydrogen) atoms. The Hall–Kier alpha value is -2.29. The molecule has 120 valence electrons. The Labute approximate surface area is 138 Å². The normalized spacial score (nSPS) is 13.1. The summed E-state index contributed by atoms with van der Waals surface area (Å²) in [5.74, 6) is 0.156. The molecule has 3 rings (SSSR count). The first-order valence-electron chi connectivity index (χ1n) is 8.48. The molecule has 0 radical (unpaired) electrons. The number of fused-ring (bicyclic) bond motifs is 1. The van der Waals surface area contributed by atoms with E-state index < -0.39 is 0 Å². The van der Waals surface area contributed by atoms with Gasteiger partial charge < -0.3 is 10.2 Å². The summed E-state index contributed by atoms with van der Waals surface area (Å²) in [7, 11) is 0. The van der Waals surface area contributed by atoms with Gasteiger partial charge in [0.1, 0.15) is 0 Å². The highest BCUT2D eigenvalue weighted by molar-refractivity contribution is 5.97. The van der Waals surface area contributed by atoms with Crippen LogP contribution in [0.15, 0.2) is 48.5 Å². The van der Waals surface area contributed by atoms with Crippen LogP contribution >= 0.6 is 0 Å². The van der Waals surface area contributed by atoms with E-state index in [2.05, 4.69) is 30.4 Å². The summed E-state index contributed by atoms with van der Waals surface area (Å²) in [5, 5.41) is 3.40. The highest BCUT2D eigenvalue weighted by atomic mass is 16.2. The molecule has 3 nitrogen and oxygen atoms in total. The number of likely N-dealkylation sites (N-methyl/N-ethyl adjacent to an activating group) is 1. The molecule has 0 aliphatic carbocycles. The first-order chi connectivity index (χ1) is 11.3. The summed E-state index contributed by atoms with van der Waals surface area (Å²) in [6.07, 6.45) is 2.97. The third-order valence-electron chi connectivity index (χ3n) is 4.51. The van der Waals surface area contributed by atoms with Crippen molar-refractivity contribution in [3.8, 4) is 0 Å². The highest BCUT2D eigenvalue weighted by Crippen LogP contribution is 2.26. The molecule has 3 heteroatoms. The fraction of sp³-hybridized carbons (Fsp3) is 0.350. The number of hydrogen-bond donors (Lipinski definition) is 1. The van der Waals surface area contributed by atoms with E-state index in [9.17, 15) is 4.79 Å². The molecule has 1 amide bonds. The topological polar surface area (TPSA) is 32.3 Å². The molecule has 0 fully saturated rings. The van der Waals surface area contributed by atoms with Crippen LogP contribution in [-0.4, -0.2) is 30.4 Å². The fourth-order valence-corrected chi connectivity index (χ4v) is 3.19. The Bertz CT molecular complexity index is 667. The Balaban J connectivity index is 1.75. The minimum absolute atomic E-state index is 0.156. The predicted octanol–water partition coefficient (Wildman–Crippen LogP) is 3.75. The van der Waals surface area contributed by atoms with Crippen LogP contribution in [0, 0.1) is 0 Å². The zero-order valence-electron chi connectivity index (χ0n) is 13.7. The number of carbonyl (C=O) groups is 1. The number of anilines is 1. The molecule has 0 bridgehead atoms. The molecule has 1 aliphatic rings. The number of nitrogens with one attached hydrogen (secondary N) is 1. The van der Waals surface area contributed by atoms with Crippen LogP contribution in [0.5, 0.6) is 0 Å². The summed E-state index contributed by atoms with van der Waals surface area (Å²) in [5.41, 5.74) is 4.45. The van der Waals surface area contributed by atoms with Crippen molar-refractivity contribution in [2.45, 2.75) is 26.2 Å². The van der Waals surface area contributed by atoms with Crippen molar-refractivity contribution in [1.82, 2.24) is 4.90 Å². The van der Waals surface area contributed by atoms with E-state index in [0.717, 1.165) is 50.1 Å². The minimum Gasteiger partial charge on any atom is -0.385 e. The molecule has 2 aromatic carbocycles. The number of carbonyl (C=O) groups excluding carboxylic acids is 1. The maximum Gasteiger partial charge on any atom is 0.254 e. The monoisotopic (exact) mass is 308 g/mol. The van der Waals surface area contributed by atoms with Gasteiger partial charge in [-0.05, 0) is 49.4 Å². The average Bonchev–Trinajstić information content (AvgIpc) is 2.62. The summed E-state index contributed by atoms with van der Waals surface area (Å²) in [6, 6.07) is 16.4. The lowest BCUT2D eigenvalue weighted by Crippen LogP contribution is -2.34. The Morgan fingerprint density at radius 2 is 1.96 bits per heavy atom. The van der Waals surface area contributed by atoms with Gasteiger partial charge in [0.2, 0.25) is 0 Å². The molecule has 0 unspecified atom stereocenters. The van der Waals surface area contributed by atoms with Crippen molar-refractivity contribution < 1.29 is 4.79 Å². The van der Waals surface area contributed by atoms with Crippen molar-refractivity contribution in [1.29, 1.82) is 0 Å². The molecule has 0 atom stereocenters. The first kappa shape index (κ1) is 15.6. The van der Waals surface area contributed by atoms with E-state index in [1.54, 1.807) is 0 Å². The van der Waals surface area contributed by atoms with Crippen LogP contribution in [0.1, 0.15) is 34.8 Å². The van der Waals surface area contributed by atoms with Gasteiger partial charge in [0.05, 0.1) is 0 Å². The number of hydrogen-bond acceptors (Lipinski definition) is 2. The Morgan fingerprint density at radius 3 is 2.74 bits per heavy atom. The third kappa shape index (κ3) is 3.55. The molecule has 0 saturated heterocycles. The smallest absolute Gasteiger partial charge is 0.254 e. The molecule has 0 spiro atoms. The molecule has 2 aromatic rings. The van der Waals surface area contributed by atoms with Crippen molar-refractivity contribution in [2.24, 2.45) is 0 Å². The van der Waals surface area contributed by atoms with E-state index >= 15 is 0 Å². The van der Waals surface area contributed by atoms with Crippen molar-refractivity contribution in [3.05, 3.63) is 65.2 Å². The van der Waals surface area contributed by atoms with Gasteiger partial charge in [-0.3, -0.25) is 4.79 Å². The SMILES string of the molecule is CCN(CCc1ccccc1)C(=O)c1cccc2c1CCCN2. The maximum atomic E-state index is 13.0. The minimum atomic E-state index is 0.156. The number of rotatable bonds is 5. The number of nitrogens with zero attached hydrogens (tertiary/aromatic N) is 1. The quantitative estimate of drug-likeness (QED) is 0.912. The molecule has 1 aliphatic heterocycles. The van der Waals surface area contributed by atoms with Gasteiger partial charge in [-0.15, -0.1) is 0 Å². The molecule has 0 aromatic heterocycles. The maximum absolute atomic E-state index is 13.0. The average molecular weight is 308 g/mol. The second-order valence-electron chi connectivity index (χ2n) is 5.98. The van der Waals surface area contributed by atoms with Crippen LogP contribution in [0.4, 0.5) is 5.69 Å². The van der Waals surface area contributed by atoms with Crippen LogP contribution in [-0.2, 0) is 12.8 Å². The summed E-state index contributed by atoms with van der Waals surface area (Å²) < 4.78 is 0. The third-order valence-corrected chi connectivity index (χ3v) is 4.51. The zero-order valence-corrected chi connectivity index (χ0v) is 13.7. The van der Waals surface area contributed by atoms with Gasteiger partial charge in [0.15, 0.2) is 0 Å². The van der Waals surface area contributed by atoms with Gasteiger partial charge >= 0.3 is 0 Å². The van der Waals surface area contributed by atoms with E-state index in [1.807, 2.05) is 35.2 Å². The largest absolute Gasteiger partial charge is 0.385 e.